The smallest absolute Gasteiger partial charge is 0.0879 e. The average Bonchev–Trinajstić information content (AvgIpc) is 2.79. The molecule has 0 spiro atoms. The van der Waals surface area contributed by atoms with E-state index in [1.807, 2.05) is 35.7 Å². The first kappa shape index (κ1) is 14.3. The Bertz CT molecular complexity index is 514. The van der Waals surface area contributed by atoms with Gasteiger partial charge in [-0.3, -0.25) is 0 Å². The monoisotopic (exact) mass is 393 g/mol. The fraction of sp³-hybridized carbons (Fsp3) is 0.231. The highest BCUT2D eigenvalue weighted by molar-refractivity contribution is 14.1. The van der Waals surface area contributed by atoms with Crippen LogP contribution in [0.3, 0.4) is 0 Å². The van der Waals surface area contributed by atoms with Crippen molar-refractivity contribution in [1.82, 2.24) is 0 Å². The lowest BCUT2D eigenvalue weighted by Gasteiger charge is -2.21. The zero-order valence-corrected chi connectivity index (χ0v) is 13.2. The molecule has 2 rings (SSSR count). The van der Waals surface area contributed by atoms with Gasteiger partial charge < -0.3 is 10.8 Å². The molecular formula is C13H13ClINOS. The van der Waals surface area contributed by atoms with Crippen molar-refractivity contribution >= 4 is 45.5 Å². The average molecular weight is 394 g/mol. The highest BCUT2D eigenvalue weighted by Crippen LogP contribution is 2.33. The van der Waals surface area contributed by atoms with Gasteiger partial charge in [0.2, 0.25) is 0 Å². The Labute approximate surface area is 129 Å². The standard InChI is InChI=1S/C13H13ClINOS/c14-10-3-1-8(2-4-10)11(6-16)13(17)9-5-12(15)18-7-9/h1-5,7,11,13,17H,6,16H2. The molecule has 0 aliphatic carbocycles. The zero-order chi connectivity index (χ0) is 13.1. The lowest BCUT2D eigenvalue weighted by atomic mass is 9.90. The molecule has 0 aliphatic rings. The van der Waals surface area contributed by atoms with Crippen LogP contribution in [0.5, 0.6) is 0 Å². The third-order valence-corrected chi connectivity index (χ3v) is 4.92. The molecule has 96 valence electrons. The first-order valence-electron chi connectivity index (χ1n) is 5.49. The van der Waals surface area contributed by atoms with E-state index in [0.717, 1.165) is 14.0 Å². The molecule has 0 fully saturated rings. The summed E-state index contributed by atoms with van der Waals surface area (Å²) in [7, 11) is 0. The highest BCUT2D eigenvalue weighted by Gasteiger charge is 2.22. The summed E-state index contributed by atoms with van der Waals surface area (Å²) in [6, 6.07) is 9.47. The molecule has 2 unspecified atom stereocenters. The van der Waals surface area contributed by atoms with E-state index >= 15 is 0 Å². The molecule has 18 heavy (non-hydrogen) atoms. The van der Waals surface area contributed by atoms with Gasteiger partial charge in [0, 0.05) is 17.5 Å². The topological polar surface area (TPSA) is 46.2 Å². The van der Waals surface area contributed by atoms with Crippen molar-refractivity contribution in [1.29, 1.82) is 0 Å². The van der Waals surface area contributed by atoms with E-state index in [4.69, 9.17) is 17.3 Å². The molecule has 0 bridgehead atoms. The van der Waals surface area contributed by atoms with E-state index in [1.165, 1.54) is 0 Å². The van der Waals surface area contributed by atoms with Crippen LogP contribution >= 0.6 is 45.5 Å². The van der Waals surface area contributed by atoms with E-state index in [1.54, 1.807) is 11.3 Å². The van der Waals surface area contributed by atoms with E-state index in [9.17, 15) is 5.11 Å². The van der Waals surface area contributed by atoms with Crippen molar-refractivity contribution in [3.05, 3.63) is 54.7 Å². The predicted octanol–water partition coefficient (Wildman–Crippen LogP) is 3.78. The number of hydrogen-bond donors (Lipinski definition) is 2. The van der Waals surface area contributed by atoms with E-state index in [2.05, 4.69) is 22.6 Å². The Morgan fingerprint density at radius 2 is 1.94 bits per heavy atom. The summed E-state index contributed by atoms with van der Waals surface area (Å²) in [4.78, 5) is 0. The van der Waals surface area contributed by atoms with Gasteiger partial charge in [-0.05, 0) is 57.3 Å². The first-order valence-corrected chi connectivity index (χ1v) is 7.83. The summed E-state index contributed by atoms with van der Waals surface area (Å²) in [5.41, 5.74) is 7.73. The Kier molecular flexibility index (Phi) is 5.03. The number of halogens is 2. The SMILES string of the molecule is NCC(c1ccc(Cl)cc1)C(O)c1csc(I)c1. The molecule has 2 atom stereocenters. The van der Waals surface area contributed by atoms with Crippen molar-refractivity contribution in [2.24, 2.45) is 5.73 Å². The molecule has 0 saturated heterocycles. The fourth-order valence-corrected chi connectivity index (χ4v) is 3.40. The summed E-state index contributed by atoms with van der Waals surface area (Å²) in [6.07, 6.45) is -0.573. The van der Waals surface area contributed by atoms with Crippen LogP contribution in [-0.4, -0.2) is 11.7 Å². The number of aliphatic hydroxyl groups excluding tert-OH is 1. The van der Waals surface area contributed by atoms with Crippen molar-refractivity contribution in [3.8, 4) is 0 Å². The number of rotatable bonds is 4. The van der Waals surface area contributed by atoms with Gasteiger partial charge in [-0.25, -0.2) is 0 Å². The second kappa shape index (κ2) is 6.34. The minimum atomic E-state index is -0.573. The Morgan fingerprint density at radius 1 is 1.28 bits per heavy atom. The molecule has 1 aromatic heterocycles. The zero-order valence-electron chi connectivity index (χ0n) is 9.51. The van der Waals surface area contributed by atoms with Crippen LogP contribution in [0.2, 0.25) is 5.02 Å². The fourth-order valence-electron chi connectivity index (χ4n) is 1.87. The third-order valence-electron chi connectivity index (χ3n) is 2.86. The maximum absolute atomic E-state index is 10.4. The number of aliphatic hydroxyl groups is 1. The molecule has 1 heterocycles. The highest BCUT2D eigenvalue weighted by atomic mass is 127. The van der Waals surface area contributed by atoms with Crippen LogP contribution in [0.25, 0.3) is 0 Å². The van der Waals surface area contributed by atoms with Crippen molar-refractivity contribution < 1.29 is 5.11 Å². The van der Waals surface area contributed by atoms with Gasteiger partial charge in [0.1, 0.15) is 0 Å². The normalized spacial score (nSPS) is 14.4. The van der Waals surface area contributed by atoms with Crippen LogP contribution in [0.4, 0.5) is 0 Å². The lowest BCUT2D eigenvalue weighted by Crippen LogP contribution is -2.19. The number of benzene rings is 1. The molecule has 1 aromatic carbocycles. The summed E-state index contributed by atoms with van der Waals surface area (Å²) < 4.78 is 1.16. The Hall–Kier alpha value is -0.140. The lowest BCUT2D eigenvalue weighted by molar-refractivity contribution is 0.148. The van der Waals surface area contributed by atoms with Crippen molar-refractivity contribution in [3.63, 3.8) is 0 Å². The Morgan fingerprint density at radius 3 is 2.44 bits per heavy atom. The minimum absolute atomic E-state index is 0.104. The van der Waals surface area contributed by atoms with Crippen LogP contribution in [-0.2, 0) is 0 Å². The van der Waals surface area contributed by atoms with Crippen LogP contribution in [0.15, 0.2) is 35.7 Å². The molecule has 5 heteroatoms. The second-order valence-corrected chi connectivity index (χ2v) is 7.26. The quantitative estimate of drug-likeness (QED) is 0.777. The van der Waals surface area contributed by atoms with Gasteiger partial charge in [-0.1, -0.05) is 23.7 Å². The van der Waals surface area contributed by atoms with Crippen LogP contribution < -0.4 is 5.73 Å². The largest absolute Gasteiger partial charge is 0.388 e. The van der Waals surface area contributed by atoms with Gasteiger partial charge in [0.05, 0.1) is 8.99 Å². The summed E-state index contributed by atoms with van der Waals surface area (Å²) in [5.74, 6) is -0.104. The maximum Gasteiger partial charge on any atom is 0.0879 e. The Balaban J connectivity index is 2.25. The summed E-state index contributed by atoms with van der Waals surface area (Å²) >= 11 is 9.74. The van der Waals surface area contributed by atoms with Crippen molar-refractivity contribution in [2.75, 3.05) is 6.54 Å². The van der Waals surface area contributed by atoms with Gasteiger partial charge in [-0.2, -0.15) is 0 Å². The maximum atomic E-state index is 10.4. The molecular weight excluding hydrogens is 381 g/mol. The third kappa shape index (κ3) is 3.24. The van der Waals surface area contributed by atoms with Crippen LogP contribution in [0.1, 0.15) is 23.1 Å². The van der Waals surface area contributed by atoms with E-state index in [-0.39, 0.29) is 5.92 Å². The van der Waals surface area contributed by atoms with Crippen LogP contribution in [0, 0.1) is 2.88 Å². The van der Waals surface area contributed by atoms with Gasteiger partial charge >= 0.3 is 0 Å². The molecule has 2 nitrogen and oxygen atoms in total. The molecule has 2 aromatic rings. The van der Waals surface area contributed by atoms with Gasteiger partial charge in [0.15, 0.2) is 0 Å². The first-order chi connectivity index (χ1) is 8.61. The number of hydrogen-bond acceptors (Lipinski definition) is 3. The summed E-state index contributed by atoms with van der Waals surface area (Å²) in [6.45, 7) is 0.398. The van der Waals surface area contributed by atoms with Gasteiger partial charge in [-0.15, -0.1) is 11.3 Å². The van der Waals surface area contributed by atoms with E-state index in [0.29, 0.717) is 11.6 Å². The summed E-state index contributed by atoms with van der Waals surface area (Å²) in [5, 5.41) is 13.1. The minimum Gasteiger partial charge on any atom is -0.388 e. The van der Waals surface area contributed by atoms with Gasteiger partial charge in [0.25, 0.3) is 0 Å². The molecule has 0 radical (unpaired) electrons. The number of nitrogens with two attached hydrogens (primary N) is 1. The second-order valence-electron chi connectivity index (χ2n) is 4.02. The molecule has 3 N–H and O–H groups in total. The predicted molar refractivity (Wildman–Crippen MR) is 85.2 cm³/mol. The van der Waals surface area contributed by atoms with E-state index < -0.39 is 6.10 Å². The van der Waals surface area contributed by atoms with Crippen molar-refractivity contribution in [2.45, 2.75) is 12.0 Å². The molecule has 0 aliphatic heterocycles. The molecule has 0 saturated carbocycles. The molecule has 0 amide bonds. The number of thiophene rings is 1.